The Morgan fingerprint density at radius 2 is 2.20 bits per heavy atom. The molecule has 0 aliphatic heterocycles. The van der Waals surface area contributed by atoms with Crippen LogP contribution in [0.15, 0.2) is 22.8 Å². The molecule has 0 fully saturated rings. The molecule has 0 atom stereocenters. The van der Waals surface area contributed by atoms with Gasteiger partial charge in [-0.2, -0.15) is 0 Å². The van der Waals surface area contributed by atoms with Gasteiger partial charge in [0, 0.05) is 12.1 Å². The van der Waals surface area contributed by atoms with Crippen molar-refractivity contribution in [1.82, 2.24) is 10.2 Å². The van der Waals surface area contributed by atoms with Crippen molar-refractivity contribution in [3.05, 3.63) is 24.2 Å². The van der Waals surface area contributed by atoms with Crippen molar-refractivity contribution in [3.63, 3.8) is 0 Å². The van der Waals surface area contributed by atoms with E-state index >= 15 is 0 Å². The van der Waals surface area contributed by atoms with Gasteiger partial charge in [0.25, 0.3) is 0 Å². The van der Waals surface area contributed by atoms with Gasteiger partial charge < -0.3 is 9.73 Å². The minimum absolute atomic E-state index is 0.141. The predicted octanol–water partition coefficient (Wildman–Crippen LogP) is 2.10. The molecule has 1 heterocycles. The maximum Gasteiger partial charge on any atom is 0.117 e. The van der Waals surface area contributed by atoms with Crippen molar-refractivity contribution in [3.8, 4) is 0 Å². The van der Waals surface area contributed by atoms with Crippen LogP contribution < -0.4 is 5.32 Å². The minimum Gasteiger partial charge on any atom is -0.468 e. The molecule has 86 valence electrons. The van der Waals surface area contributed by atoms with Crippen LogP contribution in [0.5, 0.6) is 0 Å². The van der Waals surface area contributed by atoms with Crippen molar-refractivity contribution in [1.29, 1.82) is 0 Å². The molecule has 0 radical (unpaired) electrons. The van der Waals surface area contributed by atoms with E-state index in [-0.39, 0.29) is 5.54 Å². The average Bonchev–Trinajstić information content (AvgIpc) is 2.69. The zero-order chi connectivity index (χ0) is 11.3. The molecule has 1 N–H and O–H groups in total. The van der Waals surface area contributed by atoms with Crippen LogP contribution in [-0.2, 0) is 6.54 Å². The Kier molecular flexibility index (Phi) is 4.36. The number of nitrogens with zero attached hydrogens (tertiary/aromatic N) is 1. The van der Waals surface area contributed by atoms with E-state index in [1.807, 2.05) is 19.2 Å². The highest BCUT2D eigenvalue weighted by atomic mass is 16.3. The summed E-state index contributed by atoms with van der Waals surface area (Å²) in [6.45, 7) is 9.52. The lowest BCUT2D eigenvalue weighted by atomic mass is 10.1. The predicted molar refractivity (Wildman–Crippen MR) is 62.8 cm³/mol. The van der Waals surface area contributed by atoms with Gasteiger partial charge in [0.1, 0.15) is 5.76 Å². The lowest BCUT2D eigenvalue weighted by Gasteiger charge is -2.31. The molecule has 0 saturated heterocycles. The van der Waals surface area contributed by atoms with Gasteiger partial charge in [-0.15, -0.1) is 0 Å². The highest BCUT2D eigenvalue weighted by Gasteiger charge is 2.19. The van der Waals surface area contributed by atoms with Gasteiger partial charge >= 0.3 is 0 Å². The Hall–Kier alpha value is -0.800. The number of likely N-dealkylation sites (N-methyl/N-ethyl adjacent to an activating group) is 2. The van der Waals surface area contributed by atoms with Crippen LogP contribution in [-0.4, -0.2) is 30.6 Å². The summed E-state index contributed by atoms with van der Waals surface area (Å²) in [4.78, 5) is 2.37. The zero-order valence-electron chi connectivity index (χ0n) is 10.2. The smallest absolute Gasteiger partial charge is 0.117 e. The van der Waals surface area contributed by atoms with Crippen LogP contribution in [0.1, 0.15) is 26.5 Å². The molecule has 1 rings (SSSR count). The molecule has 1 aromatic rings. The van der Waals surface area contributed by atoms with Gasteiger partial charge in [-0.25, -0.2) is 0 Å². The molecule has 1 aromatic heterocycles. The molecule has 15 heavy (non-hydrogen) atoms. The molecule has 0 spiro atoms. The monoisotopic (exact) mass is 210 g/mol. The highest BCUT2D eigenvalue weighted by molar-refractivity contribution is 4.98. The van der Waals surface area contributed by atoms with E-state index in [9.17, 15) is 0 Å². The Labute approximate surface area is 92.5 Å². The van der Waals surface area contributed by atoms with E-state index < -0.39 is 0 Å². The van der Waals surface area contributed by atoms with Crippen molar-refractivity contribution in [2.45, 2.75) is 32.9 Å². The van der Waals surface area contributed by atoms with E-state index in [2.05, 4.69) is 31.0 Å². The van der Waals surface area contributed by atoms with E-state index in [0.29, 0.717) is 0 Å². The molecule has 0 bridgehead atoms. The molecular weight excluding hydrogens is 188 g/mol. The van der Waals surface area contributed by atoms with Crippen LogP contribution in [0.25, 0.3) is 0 Å². The standard InChI is InChI=1S/C12H22N2O/c1-5-14(10-12(2,3)13-4)9-11-7-6-8-15-11/h6-8,13H,5,9-10H2,1-4H3. The van der Waals surface area contributed by atoms with Crippen LogP contribution in [0.2, 0.25) is 0 Å². The minimum atomic E-state index is 0.141. The van der Waals surface area contributed by atoms with Crippen molar-refractivity contribution >= 4 is 0 Å². The summed E-state index contributed by atoms with van der Waals surface area (Å²) < 4.78 is 5.35. The second-order valence-electron chi connectivity index (χ2n) is 4.52. The molecule has 0 aliphatic carbocycles. The average molecular weight is 210 g/mol. The maximum absolute atomic E-state index is 5.35. The van der Waals surface area contributed by atoms with Gasteiger partial charge in [-0.1, -0.05) is 6.92 Å². The molecule has 3 nitrogen and oxygen atoms in total. The Morgan fingerprint density at radius 1 is 1.47 bits per heavy atom. The van der Waals surface area contributed by atoms with Crippen LogP contribution in [0.3, 0.4) is 0 Å². The van der Waals surface area contributed by atoms with Crippen LogP contribution >= 0.6 is 0 Å². The summed E-state index contributed by atoms with van der Waals surface area (Å²) >= 11 is 0. The number of hydrogen-bond donors (Lipinski definition) is 1. The first-order valence-corrected chi connectivity index (χ1v) is 5.51. The van der Waals surface area contributed by atoms with E-state index in [4.69, 9.17) is 4.42 Å². The van der Waals surface area contributed by atoms with Gasteiger partial charge in [0.05, 0.1) is 12.8 Å². The third-order valence-corrected chi connectivity index (χ3v) is 2.70. The Morgan fingerprint density at radius 3 is 2.67 bits per heavy atom. The first-order valence-electron chi connectivity index (χ1n) is 5.51. The quantitative estimate of drug-likeness (QED) is 0.779. The van der Waals surface area contributed by atoms with E-state index in [1.54, 1.807) is 6.26 Å². The highest BCUT2D eigenvalue weighted by Crippen LogP contribution is 2.10. The largest absolute Gasteiger partial charge is 0.468 e. The number of rotatable bonds is 6. The third-order valence-electron chi connectivity index (χ3n) is 2.70. The molecule has 0 aromatic carbocycles. The topological polar surface area (TPSA) is 28.4 Å². The number of nitrogens with one attached hydrogen (secondary N) is 1. The van der Waals surface area contributed by atoms with Crippen molar-refractivity contribution in [2.75, 3.05) is 20.1 Å². The Balaban J connectivity index is 2.50. The van der Waals surface area contributed by atoms with Crippen LogP contribution in [0.4, 0.5) is 0 Å². The third kappa shape index (κ3) is 4.06. The van der Waals surface area contributed by atoms with E-state index in [0.717, 1.165) is 25.4 Å². The SMILES string of the molecule is CCN(Cc1ccco1)CC(C)(C)NC. The first kappa shape index (κ1) is 12.3. The lowest BCUT2D eigenvalue weighted by Crippen LogP contribution is -2.47. The molecule has 0 unspecified atom stereocenters. The molecule has 0 amide bonds. The first-order chi connectivity index (χ1) is 7.07. The number of furan rings is 1. The second-order valence-corrected chi connectivity index (χ2v) is 4.52. The Bertz CT molecular complexity index is 267. The summed E-state index contributed by atoms with van der Waals surface area (Å²) in [7, 11) is 2.00. The van der Waals surface area contributed by atoms with Gasteiger partial charge in [0.2, 0.25) is 0 Å². The van der Waals surface area contributed by atoms with Crippen molar-refractivity contribution in [2.24, 2.45) is 0 Å². The van der Waals surface area contributed by atoms with Crippen molar-refractivity contribution < 1.29 is 4.42 Å². The zero-order valence-corrected chi connectivity index (χ0v) is 10.2. The fourth-order valence-corrected chi connectivity index (χ4v) is 1.54. The molecule has 3 heteroatoms. The molecule has 0 aliphatic rings. The number of hydrogen-bond acceptors (Lipinski definition) is 3. The summed E-state index contributed by atoms with van der Waals surface area (Å²) in [6.07, 6.45) is 1.73. The normalized spacial score (nSPS) is 12.3. The summed E-state index contributed by atoms with van der Waals surface area (Å²) in [5.74, 6) is 1.03. The second kappa shape index (κ2) is 5.33. The van der Waals surface area contributed by atoms with E-state index in [1.165, 1.54) is 0 Å². The van der Waals surface area contributed by atoms with Gasteiger partial charge in [-0.3, -0.25) is 4.90 Å². The molecule has 0 saturated carbocycles. The van der Waals surface area contributed by atoms with Gasteiger partial charge in [-0.05, 0) is 39.6 Å². The van der Waals surface area contributed by atoms with Crippen LogP contribution in [0, 0.1) is 0 Å². The molecular formula is C12H22N2O. The summed E-state index contributed by atoms with van der Waals surface area (Å²) in [6, 6.07) is 3.96. The van der Waals surface area contributed by atoms with Gasteiger partial charge in [0.15, 0.2) is 0 Å². The lowest BCUT2D eigenvalue weighted by molar-refractivity contribution is 0.195. The summed E-state index contributed by atoms with van der Waals surface area (Å²) in [5, 5.41) is 3.31. The summed E-state index contributed by atoms with van der Waals surface area (Å²) in [5.41, 5.74) is 0.141. The fraction of sp³-hybridized carbons (Fsp3) is 0.667. The fourth-order valence-electron chi connectivity index (χ4n) is 1.54. The maximum atomic E-state index is 5.35.